The van der Waals surface area contributed by atoms with Gasteiger partial charge in [0.05, 0.1) is 0 Å². The molecular weight excluding hydrogens is 254 g/mol. The second-order valence-corrected chi connectivity index (χ2v) is 6.77. The third-order valence-corrected chi connectivity index (χ3v) is 5.72. The molecule has 2 unspecified atom stereocenters. The summed E-state index contributed by atoms with van der Waals surface area (Å²) < 4.78 is 0. The molecule has 5 rings (SSSR count). The summed E-state index contributed by atoms with van der Waals surface area (Å²) in [5, 5.41) is 0. The van der Waals surface area contributed by atoms with E-state index in [0.29, 0.717) is 12.5 Å². The lowest BCUT2D eigenvalue weighted by molar-refractivity contribution is -0.163. The molecule has 2 bridgehead atoms. The highest BCUT2D eigenvalue weighted by molar-refractivity contribution is 5.95. The molecule has 5 aliphatic rings. The largest absolute Gasteiger partial charge is 0.329 e. The van der Waals surface area contributed by atoms with Crippen LogP contribution in [0.25, 0.3) is 0 Å². The van der Waals surface area contributed by atoms with Gasteiger partial charge in [-0.1, -0.05) is 0 Å². The number of carbonyl (C=O) groups excluding carboxylic acids is 2. The van der Waals surface area contributed by atoms with Gasteiger partial charge in [0.2, 0.25) is 11.8 Å². The predicted molar refractivity (Wildman–Crippen MR) is 74.0 cm³/mol. The first-order valence-corrected chi connectivity index (χ1v) is 8.06. The number of piperazine rings is 1. The van der Waals surface area contributed by atoms with Crippen LogP contribution in [0.2, 0.25) is 0 Å². The molecule has 0 aliphatic carbocycles. The summed E-state index contributed by atoms with van der Waals surface area (Å²) in [6.45, 7) is 4.43. The van der Waals surface area contributed by atoms with E-state index in [2.05, 4.69) is 4.90 Å². The van der Waals surface area contributed by atoms with E-state index in [0.717, 1.165) is 32.4 Å². The van der Waals surface area contributed by atoms with E-state index in [1.807, 2.05) is 9.80 Å². The first-order chi connectivity index (χ1) is 9.74. The van der Waals surface area contributed by atoms with Crippen LogP contribution in [0.1, 0.15) is 32.1 Å². The van der Waals surface area contributed by atoms with E-state index in [4.69, 9.17) is 0 Å². The Bertz CT molecular complexity index is 431. The summed E-state index contributed by atoms with van der Waals surface area (Å²) >= 11 is 0. The van der Waals surface area contributed by atoms with Crippen molar-refractivity contribution in [3.63, 3.8) is 0 Å². The summed E-state index contributed by atoms with van der Waals surface area (Å²) in [5.41, 5.74) is 0. The Morgan fingerprint density at radius 2 is 1.70 bits per heavy atom. The van der Waals surface area contributed by atoms with Crippen molar-refractivity contribution in [1.29, 1.82) is 0 Å². The minimum absolute atomic E-state index is 0.152. The maximum atomic E-state index is 12.8. The highest BCUT2D eigenvalue weighted by Crippen LogP contribution is 2.33. The number of nitrogens with zero attached hydrogens (tertiary/aromatic N) is 3. The molecule has 5 saturated heterocycles. The first-order valence-electron chi connectivity index (χ1n) is 8.06. The Labute approximate surface area is 119 Å². The van der Waals surface area contributed by atoms with Crippen LogP contribution in [0.5, 0.6) is 0 Å². The van der Waals surface area contributed by atoms with Gasteiger partial charge in [0, 0.05) is 19.1 Å². The molecule has 0 aromatic carbocycles. The summed E-state index contributed by atoms with van der Waals surface area (Å²) in [7, 11) is 0. The standard InChI is InChI=1S/C15H23N3O2/c19-14-10-18(13-9-16-7-4-11(13)5-8-16)15(20)12-3-1-2-6-17(12)14/h11-13H,1-10H2. The van der Waals surface area contributed by atoms with E-state index in [1.165, 1.54) is 25.9 Å². The molecule has 2 amide bonds. The Balaban J connectivity index is 1.56. The van der Waals surface area contributed by atoms with Crippen LogP contribution >= 0.6 is 0 Å². The van der Waals surface area contributed by atoms with Gasteiger partial charge in [0.15, 0.2) is 0 Å². The highest BCUT2D eigenvalue weighted by atomic mass is 16.2. The molecule has 0 saturated carbocycles. The average Bonchev–Trinajstić information content (AvgIpc) is 2.52. The lowest BCUT2D eigenvalue weighted by Crippen LogP contribution is -2.67. The normalized spacial score (nSPS) is 41.0. The minimum atomic E-state index is -0.152. The van der Waals surface area contributed by atoms with Crippen LogP contribution in [0.3, 0.4) is 0 Å². The summed E-state index contributed by atoms with van der Waals surface area (Å²) in [5.74, 6) is 1.01. The van der Waals surface area contributed by atoms with Gasteiger partial charge in [-0.25, -0.2) is 0 Å². The molecular formula is C15H23N3O2. The summed E-state index contributed by atoms with van der Waals surface area (Å²) in [4.78, 5) is 31.4. The van der Waals surface area contributed by atoms with Crippen LogP contribution in [0, 0.1) is 5.92 Å². The van der Waals surface area contributed by atoms with Crippen molar-refractivity contribution < 1.29 is 9.59 Å². The van der Waals surface area contributed by atoms with E-state index in [1.54, 1.807) is 0 Å². The molecule has 5 fully saturated rings. The fourth-order valence-corrected chi connectivity index (χ4v) is 4.56. The van der Waals surface area contributed by atoms with Crippen LogP contribution in [0.4, 0.5) is 0 Å². The number of fused-ring (bicyclic) bond motifs is 4. The second-order valence-electron chi connectivity index (χ2n) is 6.77. The zero-order valence-corrected chi connectivity index (χ0v) is 12.0. The number of amides is 2. The molecule has 5 aliphatic heterocycles. The van der Waals surface area contributed by atoms with Gasteiger partial charge >= 0.3 is 0 Å². The fourth-order valence-electron chi connectivity index (χ4n) is 4.56. The molecule has 2 atom stereocenters. The molecule has 5 heterocycles. The predicted octanol–water partition coefficient (Wildman–Crippen LogP) is 0.304. The Hall–Kier alpha value is -1.10. The maximum absolute atomic E-state index is 12.8. The molecule has 0 aromatic heterocycles. The second kappa shape index (κ2) is 4.72. The monoisotopic (exact) mass is 277 g/mol. The first kappa shape index (κ1) is 12.6. The van der Waals surface area contributed by atoms with Crippen molar-refractivity contribution in [1.82, 2.24) is 14.7 Å². The number of hydrogen-bond donors (Lipinski definition) is 0. The third-order valence-electron chi connectivity index (χ3n) is 5.72. The van der Waals surface area contributed by atoms with Gasteiger partial charge in [-0.2, -0.15) is 0 Å². The van der Waals surface area contributed by atoms with Crippen molar-refractivity contribution in [3.05, 3.63) is 0 Å². The van der Waals surface area contributed by atoms with Gasteiger partial charge in [-0.05, 0) is 51.1 Å². The van der Waals surface area contributed by atoms with Crippen LogP contribution in [-0.2, 0) is 9.59 Å². The third kappa shape index (κ3) is 1.86. The highest BCUT2D eigenvalue weighted by Gasteiger charge is 2.46. The minimum Gasteiger partial charge on any atom is -0.329 e. The molecule has 20 heavy (non-hydrogen) atoms. The van der Waals surface area contributed by atoms with E-state index < -0.39 is 0 Å². The van der Waals surface area contributed by atoms with Crippen molar-refractivity contribution in [3.8, 4) is 0 Å². The number of rotatable bonds is 1. The lowest BCUT2D eigenvalue weighted by atomic mass is 9.82. The topological polar surface area (TPSA) is 43.9 Å². The molecule has 0 aromatic rings. The van der Waals surface area contributed by atoms with Gasteiger partial charge in [0.25, 0.3) is 0 Å². The fraction of sp³-hybridized carbons (Fsp3) is 0.867. The van der Waals surface area contributed by atoms with Gasteiger partial charge in [-0.3, -0.25) is 9.59 Å². The van der Waals surface area contributed by atoms with Crippen molar-refractivity contribution in [2.24, 2.45) is 5.92 Å². The van der Waals surface area contributed by atoms with Gasteiger partial charge < -0.3 is 14.7 Å². The Morgan fingerprint density at radius 1 is 0.900 bits per heavy atom. The summed E-state index contributed by atoms with van der Waals surface area (Å²) in [6, 6.07) is 0.137. The van der Waals surface area contributed by atoms with Crippen LogP contribution in [-0.4, -0.2) is 71.3 Å². The maximum Gasteiger partial charge on any atom is 0.246 e. The summed E-state index contributed by atoms with van der Waals surface area (Å²) in [6.07, 6.45) is 5.37. The van der Waals surface area contributed by atoms with Gasteiger partial charge in [-0.15, -0.1) is 0 Å². The molecule has 0 spiro atoms. The zero-order chi connectivity index (χ0) is 13.7. The zero-order valence-electron chi connectivity index (χ0n) is 12.0. The van der Waals surface area contributed by atoms with Crippen LogP contribution in [0.15, 0.2) is 0 Å². The number of piperidine rings is 4. The average molecular weight is 277 g/mol. The molecule has 0 radical (unpaired) electrons. The van der Waals surface area contributed by atoms with Crippen molar-refractivity contribution >= 4 is 11.8 Å². The molecule has 5 nitrogen and oxygen atoms in total. The number of hydrogen-bond acceptors (Lipinski definition) is 3. The Morgan fingerprint density at radius 3 is 2.40 bits per heavy atom. The van der Waals surface area contributed by atoms with Crippen molar-refractivity contribution in [2.75, 3.05) is 32.7 Å². The Kier molecular flexibility index (Phi) is 2.98. The molecule has 0 N–H and O–H groups in total. The smallest absolute Gasteiger partial charge is 0.246 e. The van der Waals surface area contributed by atoms with E-state index in [9.17, 15) is 9.59 Å². The number of carbonyl (C=O) groups is 2. The van der Waals surface area contributed by atoms with E-state index >= 15 is 0 Å². The lowest BCUT2D eigenvalue weighted by Gasteiger charge is -2.52. The van der Waals surface area contributed by atoms with Crippen LogP contribution < -0.4 is 0 Å². The quantitative estimate of drug-likeness (QED) is 0.692. The van der Waals surface area contributed by atoms with Crippen molar-refractivity contribution in [2.45, 2.75) is 44.2 Å². The molecule has 5 heteroatoms. The SMILES string of the molecule is O=C1CN(C2CN3CCC2CC3)C(=O)C2CCCCN12. The van der Waals surface area contributed by atoms with Gasteiger partial charge in [0.1, 0.15) is 12.6 Å². The molecule has 110 valence electrons. The van der Waals surface area contributed by atoms with E-state index in [-0.39, 0.29) is 23.9 Å².